The quantitative estimate of drug-likeness (QED) is 0.228. The monoisotopic (exact) mass is 454 g/mol. The molecule has 0 saturated heterocycles. The summed E-state index contributed by atoms with van der Waals surface area (Å²) in [5.74, 6) is 0. The Morgan fingerprint density at radius 2 is 1.17 bits per heavy atom. The molecule has 0 aliphatic heterocycles. The average Bonchev–Trinajstić information content (AvgIpc) is 3.54. The van der Waals surface area contributed by atoms with Crippen LogP contribution in [0.5, 0.6) is 0 Å². The Morgan fingerprint density at radius 3 is 1.93 bits per heavy atom. The van der Waals surface area contributed by atoms with Gasteiger partial charge < -0.3 is 0 Å². The van der Waals surface area contributed by atoms with Crippen LogP contribution in [-0.4, -0.2) is 0 Å². The van der Waals surface area contributed by atoms with Gasteiger partial charge in [-0.3, -0.25) is 0 Å². The molecule has 0 amide bonds. The molecular formula is C26H14S4. The summed E-state index contributed by atoms with van der Waals surface area (Å²) in [5.41, 5.74) is 1.39. The van der Waals surface area contributed by atoms with Gasteiger partial charge in [0.2, 0.25) is 0 Å². The number of rotatable bonds is 2. The van der Waals surface area contributed by atoms with Crippen LogP contribution >= 0.6 is 45.3 Å². The van der Waals surface area contributed by atoms with E-state index in [1.54, 1.807) is 0 Å². The molecular weight excluding hydrogens is 441 g/mol. The van der Waals surface area contributed by atoms with Gasteiger partial charge in [-0.1, -0.05) is 12.1 Å². The number of hydrogen-bond donors (Lipinski definition) is 0. The molecule has 0 spiro atoms. The van der Waals surface area contributed by atoms with Gasteiger partial charge in [0.25, 0.3) is 0 Å². The van der Waals surface area contributed by atoms with Gasteiger partial charge in [-0.05, 0) is 97.7 Å². The van der Waals surface area contributed by atoms with Crippen molar-refractivity contribution < 1.29 is 0 Å². The maximum Gasteiger partial charge on any atom is 0.0541 e. The molecule has 0 bridgehead atoms. The highest BCUT2D eigenvalue weighted by molar-refractivity contribution is 7.27. The summed E-state index contributed by atoms with van der Waals surface area (Å²) in [6, 6.07) is 25.2. The Balaban J connectivity index is 1.58. The van der Waals surface area contributed by atoms with Crippen molar-refractivity contribution in [1.29, 1.82) is 0 Å². The van der Waals surface area contributed by atoms with Crippen molar-refractivity contribution in [3.63, 3.8) is 0 Å². The molecule has 0 atom stereocenters. The van der Waals surface area contributed by atoms with E-state index in [9.17, 15) is 0 Å². The molecule has 0 N–H and O–H groups in total. The summed E-state index contributed by atoms with van der Waals surface area (Å²) in [6.45, 7) is 0. The van der Waals surface area contributed by atoms with Gasteiger partial charge in [-0.15, -0.1) is 45.3 Å². The third kappa shape index (κ3) is 2.55. The molecule has 4 heterocycles. The van der Waals surface area contributed by atoms with Crippen LogP contribution in [0.2, 0.25) is 0 Å². The molecule has 142 valence electrons. The van der Waals surface area contributed by atoms with Crippen LogP contribution in [0.4, 0.5) is 0 Å². The largest absolute Gasteiger partial charge is 0.144 e. The van der Waals surface area contributed by atoms with Crippen molar-refractivity contribution in [2.24, 2.45) is 0 Å². The molecule has 30 heavy (non-hydrogen) atoms. The average molecular weight is 455 g/mol. The highest BCUT2D eigenvalue weighted by Gasteiger charge is 2.18. The van der Waals surface area contributed by atoms with Gasteiger partial charge >= 0.3 is 0 Å². The predicted molar refractivity (Wildman–Crippen MR) is 139 cm³/mol. The predicted octanol–water partition coefficient (Wildman–Crippen LogP) is 9.88. The smallest absolute Gasteiger partial charge is 0.0541 e. The Bertz CT molecular complexity index is 1680. The van der Waals surface area contributed by atoms with Crippen molar-refractivity contribution in [2.45, 2.75) is 0 Å². The van der Waals surface area contributed by atoms with E-state index in [1.165, 1.54) is 61.9 Å². The lowest BCUT2D eigenvalue weighted by Gasteiger charge is -2.05. The summed E-state index contributed by atoms with van der Waals surface area (Å²) in [7, 11) is 0. The van der Waals surface area contributed by atoms with E-state index >= 15 is 0 Å². The Labute approximate surface area is 189 Å². The summed E-state index contributed by atoms with van der Waals surface area (Å²) in [6.07, 6.45) is 0. The van der Waals surface area contributed by atoms with Crippen LogP contribution in [0.25, 0.3) is 61.9 Å². The lowest BCUT2D eigenvalue weighted by atomic mass is 9.99. The minimum Gasteiger partial charge on any atom is -0.144 e. The minimum absolute atomic E-state index is 1.32. The minimum atomic E-state index is 1.32. The third-order valence-corrected chi connectivity index (χ3v) is 9.66. The van der Waals surface area contributed by atoms with Gasteiger partial charge in [-0.2, -0.15) is 0 Å². The fraction of sp³-hybridized carbons (Fsp3) is 0. The molecule has 0 nitrogen and oxygen atoms in total. The molecule has 7 rings (SSSR count). The second kappa shape index (κ2) is 6.50. The molecule has 3 aromatic carbocycles. The third-order valence-electron chi connectivity index (χ3n) is 5.69. The molecule has 0 unspecified atom stereocenters. The van der Waals surface area contributed by atoms with E-state index < -0.39 is 0 Å². The van der Waals surface area contributed by atoms with Crippen LogP contribution in [0.1, 0.15) is 0 Å². The highest BCUT2D eigenvalue weighted by Crippen LogP contribution is 2.48. The second-order valence-corrected chi connectivity index (χ2v) is 11.4. The summed E-state index contributed by atoms with van der Waals surface area (Å²) >= 11 is 7.40. The zero-order chi connectivity index (χ0) is 19.7. The SMILES string of the molecule is c1csc(-c2sc3cc4cc5cc6sccc6cc5cc4cc3c2-c2cccs2)c1. The normalized spacial score (nSPS) is 12.0. The van der Waals surface area contributed by atoms with Crippen LogP contribution in [-0.2, 0) is 0 Å². The Kier molecular flexibility index (Phi) is 3.73. The van der Waals surface area contributed by atoms with Crippen molar-refractivity contribution in [3.05, 3.63) is 82.9 Å². The lowest BCUT2D eigenvalue weighted by molar-refractivity contribution is 1.87. The topological polar surface area (TPSA) is 0 Å². The Hall–Kier alpha value is -2.50. The molecule has 4 heteroatoms. The van der Waals surface area contributed by atoms with E-state index in [2.05, 4.69) is 82.9 Å². The molecule has 7 aromatic rings. The van der Waals surface area contributed by atoms with Crippen LogP contribution in [0, 0.1) is 0 Å². The van der Waals surface area contributed by atoms with Gasteiger partial charge in [0.1, 0.15) is 0 Å². The first-order valence-electron chi connectivity index (χ1n) is 9.72. The number of benzene rings is 3. The molecule has 4 aromatic heterocycles. The maximum atomic E-state index is 2.41. The van der Waals surface area contributed by atoms with E-state index in [0.29, 0.717) is 0 Å². The molecule has 0 radical (unpaired) electrons. The Morgan fingerprint density at radius 1 is 0.500 bits per heavy atom. The summed E-state index contributed by atoms with van der Waals surface area (Å²) in [4.78, 5) is 4.10. The van der Waals surface area contributed by atoms with Crippen LogP contribution < -0.4 is 0 Å². The van der Waals surface area contributed by atoms with Gasteiger partial charge in [0.15, 0.2) is 0 Å². The zero-order valence-electron chi connectivity index (χ0n) is 15.7. The highest BCUT2D eigenvalue weighted by atomic mass is 32.1. The van der Waals surface area contributed by atoms with E-state index in [-0.39, 0.29) is 0 Å². The van der Waals surface area contributed by atoms with E-state index in [1.807, 2.05) is 45.3 Å². The van der Waals surface area contributed by atoms with Crippen molar-refractivity contribution in [1.82, 2.24) is 0 Å². The first-order chi connectivity index (χ1) is 14.8. The van der Waals surface area contributed by atoms with Crippen molar-refractivity contribution in [2.75, 3.05) is 0 Å². The first kappa shape index (κ1) is 17.2. The molecule has 0 saturated carbocycles. The molecule has 0 aliphatic carbocycles. The van der Waals surface area contributed by atoms with Crippen LogP contribution in [0.3, 0.4) is 0 Å². The van der Waals surface area contributed by atoms with Gasteiger partial charge in [0.05, 0.1) is 4.88 Å². The van der Waals surface area contributed by atoms with Gasteiger partial charge in [0, 0.05) is 30.1 Å². The van der Waals surface area contributed by atoms with Gasteiger partial charge in [-0.25, -0.2) is 0 Å². The van der Waals surface area contributed by atoms with E-state index in [0.717, 1.165) is 0 Å². The number of thiophene rings is 4. The second-order valence-electron chi connectivity index (χ2n) is 7.47. The zero-order valence-corrected chi connectivity index (χ0v) is 19.0. The van der Waals surface area contributed by atoms with Crippen molar-refractivity contribution in [3.8, 4) is 20.2 Å². The fourth-order valence-corrected chi connectivity index (χ4v) is 8.08. The first-order valence-corrected chi connectivity index (χ1v) is 13.2. The maximum absolute atomic E-state index is 2.41. The van der Waals surface area contributed by atoms with Crippen LogP contribution in [0.15, 0.2) is 82.9 Å². The molecule has 0 fully saturated rings. The standard InChI is InChI=1S/C26H14S4/c1-3-21(27-6-1)25-20-12-17-10-16-9-15-5-8-29-23(15)13-18(16)11-19(17)14-24(20)30-26(25)22-4-2-7-28-22/h1-14H. The lowest BCUT2D eigenvalue weighted by Crippen LogP contribution is -1.78. The van der Waals surface area contributed by atoms with E-state index in [4.69, 9.17) is 0 Å². The summed E-state index contributed by atoms with van der Waals surface area (Å²) < 4.78 is 2.73. The number of hydrogen-bond acceptors (Lipinski definition) is 4. The fourth-order valence-electron chi connectivity index (χ4n) is 4.30. The number of fused-ring (bicyclic) bond motifs is 4. The van der Waals surface area contributed by atoms with Crippen molar-refractivity contribution >= 4 is 87.1 Å². The molecule has 0 aliphatic rings. The summed E-state index contributed by atoms with van der Waals surface area (Å²) in [5, 5.41) is 14.5.